The van der Waals surface area contributed by atoms with Crippen molar-refractivity contribution in [2.75, 3.05) is 19.5 Å². The second kappa shape index (κ2) is 9.38. The molecule has 1 aromatic heterocycles. The molecule has 8 heteroatoms. The number of methoxy groups -OCH3 is 2. The van der Waals surface area contributed by atoms with Crippen molar-refractivity contribution >= 4 is 23.2 Å². The first kappa shape index (κ1) is 21.2. The summed E-state index contributed by atoms with van der Waals surface area (Å²) >= 11 is 0. The molecule has 0 atom stereocenters. The molecular formula is C24H23N3O5. The van der Waals surface area contributed by atoms with Gasteiger partial charge in [0.05, 0.1) is 32.7 Å². The summed E-state index contributed by atoms with van der Waals surface area (Å²) in [7, 11) is 3.16. The fourth-order valence-electron chi connectivity index (χ4n) is 3.48. The molecule has 3 aromatic rings. The Balaban J connectivity index is 1.58. The zero-order chi connectivity index (χ0) is 22.5. The molecule has 2 amide bonds. The van der Waals surface area contributed by atoms with Gasteiger partial charge in [-0.1, -0.05) is 18.2 Å². The molecule has 8 nitrogen and oxygen atoms in total. The topological polar surface area (TPSA) is 93.4 Å². The van der Waals surface area contributed by atoms with Gasteiger partial charge < -0.3 is 19.2 Å². The van der Waals surface area contributed by atoms with Crippen LogP contribution in [-0.2, 0) is 11.3 Å². The quantitative estimate of drug-likeness (QED) is 0.606. The maximum atomic E-state index is 12.6. The molecule has 0 unspecified atom stereocenters. The number of hydrazone groups is 1. The number of anilines is 1. The Morgan fingerprint density at radius 1 is 1.06 bits per heavy atom. The fourth-order valence-corrected chi connectivity index (χ4v) is 3.48. The SMILES string of the molecule is COc1ccc(C2=NN(Cc3ccccc3NC(=O)c3ccco3)C(=O)CC2)cc1OC. The zero-order valence-corrected chi connectivity index (χ0v) is 17.8. The number of furan rings is 1. The van der Waals surface area contributed by atoms with E-state index >= 15 is 0 Å². The number of carbonyl (C=O) groups is 2. The van der Waals surface area contributed by atoms with Crippen LogP contribution in [0, 0.1) is 0 Å². The lowest BCUT2D eigenvalue weighted by atomic mass is 10.0. The summed E-state index contributed by atoms with van der Waals surface area (Å²) < 4.78 is 15.8. The molecule has 4 rings (SSSR count). The van der Waals surface area contributed by atoms with E-state index < -0.39 is 0 Å². The van der Waals surface area contributed by atoms with Crippen molar-refractivity contribution in [3.8, 4) is 11.5 Å². The molecule has 1 N–H and O–H groups in total. The van der Waals surface area contributed by atoms with Crippen LogP contribution >= 0.6 is 0 Å². The monoisotopic (exact) mass is 433 g/mol. The first-order chi connectivity index (χ1) is 15.6. The highest BCUT2D eigenvalue weighted by atomic mass is 16.5. The van der Waals surface area contributed by atoms with Crippen LogP contribution < -0.4 is 14.8 Å². The summed E-state index contributed by atoms with van der Waals surface area (Å²) in [5.74, 6) is 0.995. The molecule has 0 aliphatic carbocycles. The number of hydrogen-bond acceptors (Lipinski definition) is 6. The number of benzene rings is 2. The third-order valence-corrected chi connectivity index (χ3v) is 5.15. The van der Waals surface area contributed by atoms with Crippen LogP contribution in [0.5, 0.6) is 11.5 Å². The summed E-state index contributed by atoms with van der Waals surface area (Å²) in [5, 5.41) is 8.88. The van der Waals surface area contributed by atoms with Gasteiger partial charge in [-0.15, -0.1) is 0 Å². The van der Waals surface area contributed by atoms with Crippen LogP contribution in [0.15, 0.2) is 70.4 Å². The van der Waals surface area contributed by atoms with Crippen molar-refractivity contribution in [3.63, 3.8) is 0 Å². The number of para-hydroxylation sites is 1. The van der Waals surface area contributed by atoms with Crippen LogP contribution in [0.4, 0.5) is 5.69 Å². The predicted octanol–water partition coefficient (Wildman–Crippen LogP) is 4.08. The highest BCUT2D eigenvalue weighted by molar-refractivity contribution is 6.05. The minimum Gasteiger partial charge on any atom is -0.493 e. The second-order valence-corrected chi connectivity index (χ2v) is 7.16. The Morgan fingerprint density at radius 2 is 1.88 bits per heavy atom. The molecule has 0 saturated heterocycles. The molecule has 0 spiro atoms. The molecule has 0 saturated carbocycles. The summed E-state index contributed by atoms with van der Waals surface area (Å²) in [5.41, 5.74) is 3.00. The van der Waals surface area contributed by atoms with E-state index in [0.717, 1.165) is 16.8 Å². The van der Waals surface area contributed by atoms with E-state index in [4.69, 9.17) is 13.9 Å². The molecule has 0 fully saturated rings. The minimum atomic E-state index is -0.359. The minimum absolute atomic E-state index is 0.0820. The van der Waals surface area contributed by atoms with Gasteiger partial charge in [-0.3, -0.25) is 9.59 Å². The Hall–Kier alpha value is -4.07. The molecule has 2 heterocycles. The van der Waals surface area contributed by atoms with Gasteiger partial charge in [0.15, 0.2) is 17.3 Å². The predicted molar refractivity (Wildman–Crippen MR) is 119 cm³/mol. The molecule has 0 bridgehead atoms. The van der Waals surface area contributed by atoms with Crippen LogP contribution in [0.25, 0.3) is 0 Å². The van der Waals surface area contributed by atoms with Gasteiger partial charge in [-0.25, -0.2) is 5.01 Å². The molecular weight excluding hydrogens is 410 g/mol. The van der Waals surface area contributed by atoms with Gasteiger partial charge in [-0.05, 0) is 42.0 Å². The van der Waals surface area contributed by atoms with Crippen molar-refractivity contribution in [3.05, 3.63) is 77.7 Å². The number of nitrogens with zero attached hydrogens (tertiary/aromatic N) is 2. The van der Waals surface area contributed by atoms with Crippen molar-refractivity contribution in [1.82, 2.24) is 5.01 Å². The fraction of sp³-hybridized carbons (Fsp3) is 0.208. The Kier molecular flexibility index (Phi) is 6.21. The average Bonchev–Trinajstić information content (AvgIpc) is 3.36. The van der Waals surface area contributed by atoms with E-state index in [1.54, 1.807) is 32.4 Å². The third-order valence-electron chi connectivity index (χ3n) is 5.15. The maximum absolute atomic E-state index is 12.6. The number of ether oxygens (including phenoxy) is 2. The lowest BCUT2D eigenvalue weighted by molar-refractivity contribution is -0.132. The lowest BCUT2D eigenvalue weighted by Crippen LogP contribution is -2.32. The molecule has 2 aromatic carbocycles. The van der Waals surface area contributed by atoms with E-state index in [-0.39, 0.29) is 24.1 Å². The number of hydrogen-bond donors (Lipinski definition) is 1. The largest absolute Gasteiger partial charge is 0.493 e. The molecule has 0 radical (unpaired) electrons. The summed E-state index contributed by atoms with van der Waals surface area (Å²) in [6, 6.07) is 16.1. The number of amides is 2. The number of rotatable bonds is 7. The first-order valence-electron chi connectivity index (χ1n) is 10.1. The Labute approximate surface area is 185 Å². The zero-order valence-electron chi connectivity index (χ0n) is 17.8. The van der Waals surface area contributed by atoms with Crippen LogP contribution in [-0.4, -0.2) is 36.8 Å². The highest BCUT2D eigenvalue weighted by Gasteiger charge is 2.23. The number of nitrogens with one attached hydrogen (secondary N) is 1. The van der Waals surface area contributed by atoms with Crippen LogP contribution in [0.1, 0.15) is 34.5 Å². The van der Waals surface area contributed by atoms with Gasteiger partial charge in [0.2, 0.25) is 5.91 Å². The van der Waals surface area contributed by atoms with Crippen molar-refractivity contribution in [1.29, 1.82) is 0 Å². The van der Waals surface area contributed by atoms with Gasteiger partial charge in [0.1, 0.15) is 0 Å². The van der Waals surface area contributed by atoms with Crippen molar-refractivity contribution < 1.29 is 23.5 Å². The van der Waals surface area contributed by atoms with Gasteiger partial charge in [0.25, 0.3) is 5.91 Å². The van der Waals surface area contributed by atoms with Crippen LogP contribution in [0.2, 0.25) is 0 Å². The van der Waals surface area contributed by atoms with Gasteiger partial charge >= 0.3 is 0 Å². The van der Waals surface area contributed by atoms with Gasteiger partial charge in [0, 0.05) is 24.1 Å². The van der Waals surface area contributed by atoms with Crippen molar-refractivity contribution in [2.45, 2.75) is 19.4 Å². The normalized spacial score (nSPS) is 13.5. The van der Waals surface area contributed by atoms with E-state index in [2.05, 4.69) is 10.4 Å². The molecule has 1 aliphatic heterocycles. The highest BCUT2D eigenvalue weighted by Crippen LogP contribution is 2.29. The van der Waals surface area contributed by atoms with Crippen LogP contribution in [0.3, 0.4) is 0 Å². The summed E-state index contributed by atoms with van der Waals surface area (Å²) in [6.07, 6.45) is 2.31. The molecule has 164 valence electrons. The third kappa shape index (κ3) is 4.49. The summed E-state index contributed by atoms with van der Waals surface area (Å²) in [6.45, 7) is 0.226. The Bertz CT molecular complexity index is 1150. The maximum Gasteiger partial charge on any atom is 0.291 e. The average molecular weight is 433 g/mol. The smallest absolute Gasteiger partial charge is 0.291 e. The Morgan fingerprint density at radius 3 is 2.62 bits per heavy atom. The first-order valence-corrected chi connectivity index (χ1v) is 10.1. The van der Waals surface area contributed by atoms with Gasteiger partial charge in [-0.2, -0.15) is 5.10 Å². The number of carbonyl (C=O) groups excluding carboxylic acids is 2. The molecule has 1 aliphatic rings. The van der Waals surface area contributed by atoms with E-state index in [9.17, 15) is 9.59 Å². The van der Waals surface area contributed by atoms with E-state index in [1.807, 2.05) is 36.4 Å². The molecule has 32 heavy (non-hydrogen) atoms. The van der Waals surface area contributed by atoms with Crippen molar-refractivity contribution in [2.24, 2.45) is 5.10 Å². The second-order valence-electron chi connectivity index (χ2n) is 7.16. The van der Waals surface area contributed by atoms with E-state index in [1.165, 1.54) is 11.3 Å². The lowest BCUT2D eigenvalue weighted by Gasteiger charge is -2.25. The summed E-state index contributed by atoms with van der Waals surface area (Å²) in [4.78, 5) is 25.0. The van der Waals surface area contributed by atoms with E-state index in [0.29, 0.717) is 30.0 Å². The standard InChI is InChI=1S/C24H23N3O5/c1-30-20-11-9-16(14-22(20)31-2)19-10-12-23(28)27(26-19)15-17-6-3-4-7-18(17)25-24(29)21-8-5-13-32-21/h3-9,11,13-14H,10,12,15H2,1-2H3,(H,25,29).